The Morgan fingerprint density at radius 2 is 1.94 bits per heavy atom. The zero-order chi connectivity index (χ0) is 12.5. The van der Waals surface area contributed by atoms with E-state index in [4.69, 9.17) is 5.26 Å². The molecule has 0 aliphatic rings. The minimum Gasteiger partial charge on any atom is -0.392 e. The van der Waals surface area contributed by atoms with Gasteiger partial charge in [0.15, 0.2) is 0 Å². The van der Waals surface area contributed by atoms with Crippen LogP contribution in [0, 0.1) is 32.1 Å². The smallest absolute Gasteiger partial charge is 0.269 e. The number of aliphatic hydroxyl groups is 1. The number of hydrogen-bond donors (Lipinski definition) is 1. The molecule has 0 spiro atoms. The van der Waals surface area contributed by atoms with Gasteiger partial charge in [0.1, 0.15) is 11.6 Å². The van der Waals surface area contributed by atoms with Crippen LogP contribution in [0.1, 0.15) is 29.3 Å². The van der Waals surface area contributed by atoms with Crippen molar-refractivity contribution in [2.75, 3.05) is 0 Å². The summed E-state index contributed by atoms with van der Waals surface area (Å²) in [5.74, 6) is 0. The van der Waals surface area contributed by atoms with E-state index in [0.29, 0.717) is 0 Å². The van der Waals surface area contributed by atoms with Crippen molar-refractivity contribution in [3.8, 4) is 6.07 Å². The highest BCUT2D eigenvalue weighted by molar-refractivity contribution is 5.42. The standard InChI is InChI=1S/C12H16N2O2/c1-7(15)6-14-10(4)8(2)9(3)11(5-13)12(14)16/h7,15H,6H2,1-4H3. The molecule has 1 aromatic rings. The third-order valence-electron chi connectivity index (χ3n) is 2.90. The van der Waals surface area contributed by atoms with Crippen LogP contribution in [0.3, 0.4) is 0 Å². The summed E-state index contributed by atoms with van der Waals surface area (Å²) in [5.41, 5.74) is 2.32. The van der Waals surface area contributed by atoms with Crippen LogP contribution in [-0.4, -0.2) is 15.8 Å². The van der Waals surface area contributed by atoms with Gasteiger partial charge in [-0.15, -0.1) is 0 Å². The second-order valence-electron chi connectivity index (χ2n) is 4.09. The lowest BCUT2D eigenvalue weighted by Gasteiger charge is -2.16. The van der Waals surface area contributed by atoms with E-state index in [-0.39, 0.29) is 17.7 Å². The van der Waals surface area contributed by atoms with Gasteiger partial charge in [0.25, 0.3) is 5.56 Å². The molecule has 1 aromatic heterocycles. The third-order valence-corrected chi connectivity index (χ3v) is 2.90. The van der Waals surface area contributed by atoms with E-state index < -0.39 is 6.10 Å². The molecule has 16 heavy (non-hydrogen) atoms. The molecule has 0 fully saturated rings. The molecular weight excluding hydrogens is 204 g/mol. The molecule has 0 saturated carbocycles. The van der Waals surface area contributed by atoms with Gasteiger partial charge in [0, 0.05) is 5.69 Å². The maximum atomic E-state index is 12.0. The maximum absolute atomic E-state index is 12.0. The molecule has 4 heteroatoms. The summed E-state index contributed by atoms with van der Waals surface area (Å²) >= 11 is 0. The molecule has 0 aliphatic heterocycles. The number of nitrogens with zero attached hydrogens (tertiary/aromatic N) is 2. The van der Waals surface area contributed by atoms with E-state index >= 15 is 0 Å². The Morgan fingerprint density at radius 1 is 1.38 bits per heavy atom. The molecule has 1 rings (SSSR count). The van der Waals surface area contributed by atoms with Crippen molar-refractivity contribution in [2.24, 2.45) is 0 Å². The first kappa shape index (κ1) is 12.5. The van der Waals surface area contributed by atoms with Gasteiger partial charge >= 0.3 is 0 Å². The fraction of sp³-hybridized carbons (Fsp3) is 0.500. The minimum atomic E-state index is -0.606. The van der Waals surface area contributed by atoms with Crippen LogP contribution in [-0.2, 0) is 6.54 Å². The zero-order valence-corrected chi connectivity index (χ0v) is 10.0. The second-order valence-corrected chi connectivity index (χ2v) is 4.09. The van der Waals surface area contributed by atoms with Crippen LogP contribution in [0.15, 0.2) is 4.79 Å². The summed E-state index contributed by atoms with van der Waals surface area (Å²) in [6, 6.07) is 1.93. The van der Waals surface area contributed by atoms with Gasteiger partial charge in [-0.05, 0) is 38.8 Å². The molecule has 0 aliphatic carbocycles. The van der Waals surface area contributed by atoms with E-state index in [2.05, 4.69) is 0 Å². The number of hydrogen-bond acceptors (Lipinski definition) is 3. The molecule has 0 radical (unpaired) electrons. The predicted octanol–water partition coefficient (Wildman–Crippen LogP) is 1.03. The minimum absolute atomic E-state index is 0.170. The van der Waals surface area contributed by atoms with Gasteiger partial charge in [0.05, 0.1) is 12.6 Å². The van der Waals surface area contributed by atoms with Gasteiger partial charge in [0.2, 0.25) is 0 Å². The maximum Gasteiger partial charge on any atom is 0.269 e. The van der Waals surface area contributed by atoms with Gasteiger partial charge in [-0.2, -0.15) is 5.26 Å². The number of nitriles is 1. The SMILES string of the molecule is Cc1c(C)c(C)n(CC(C)O)c(=O)c1C#N. The molecule has 0 saturated heterocycles. The van der Waals surface area contributed by atoms with Gasteiger partial charge in [-0.3, -0.25) is 4.79 Å². The molecular formula is C12H16N2O2. The van der Waals surface area contributed by atoms with Gasteiger partial charge in [-0.25, -0.2) is 0 Å². The van der Waals surface area contributed by atoms with Crippen molar-refractivity contribution in [2.45, 2.75) is 40.3 Å². The van der Waals surface area contributed by atoms with E-state index in [0.717, 1.165) is 16.8 Å². The van der Waals surface area contributed by atoms with Crippen LogP contribution >= 0.6 is 0 Å². The Morgan fingerprint density at radius 3 is 2.38 bits per heavy atom. The molecule has 1 N–H and O–H groups in total. The highest BCUT2D eigenvalue weighted by atomic mass is 16.3. The van der Waals surface area contributed by atoms with E-state index in [1.807, 2.05) is 19.9 Å². The Bertz CT molecular complexity index is 507. The lowest BCUT2D eigenvalue weighted by atomic mass is 10.0. The monoisotopic (exact) mass is 220 g/mol. The van der Waals surface area contributed by atoms with E-state index in [9.17, 15) is 9.90 Å². The van der Waals surface area contributed by atoms with Gasteiger partial charge < -0.3 is 9.67 Å². The zero-order valence-electron chi connectivity index (χ0n) is 10.0. The molecule has 1 unspecified atom stereocenters. The lowest BCUT2D eigenvalue weighted by Crippen LogP contribution is -2.30. The summed E-state index contributed by atoms with van der Waals surface area (Å²) in [6.07, 6.45) is -0.606. The van der Waals surface area contributed by atoms with Crippen molar-refractivity contribution >= 4 is 0 Å². The third kappa shape index (κ3) is 2.00. The normalized spacial score (nSPS) is 12.2. The Hall–Kier alpha value is -1.60. The summed E-state index contributed by atoms with van der Waals surface area (Å²) in [4.78, 5) is 12.0. The van der Waals surface area contributed by atoms with E-state index in [1.54, 1.807) is 13.8 Å². The molecule has 0 bridgehead atoms. The first-order chi connectivity index (χ1) is 7.40. The topological polar surface area (TPSA) is 66.0 Å². The van der Waals surface area contributed by atoms with Crippen LogP contribution in [0.25, 0.3) is 0 Å². The summed E-state index contributed by atoms with van der Waals surface area (Å²) in [6.45, 7) is 7.32. The Kier molecular flexibility index (Phi) is 3.51. The number of pyridine rings is 1. The predicted molar refractivity (Wildman–Crippen MR) is 61.3 cm³/mol. The fourth-order valence-corrected chi connectivity index (χ4v) is 1.72. The molecule has 0 aromatic carbocycles. The summed E-state index contributed by atoms with van der Waals surface area (Å²) in [7, 11) is 0. The summed E-state index contributed by atoms with van der Waals surface area (Å²) < 4.78 is 1.46. The molecule has 0 amide bonds. The molecule has 86 valence electrons. The lowest BCUT2D eigenvalue weighted by molar-refractivity contribution is 0.171. The Balaban J connectivity index is 3.58. The number of aliphatic hydroxyl groups excluding tert-OH is 1. The average Bonchev–Trinajstić information content (AvgIpc) is 2.22. The Labute approximate surface area is 94.8 Å². The average molecular weight is 220 g/mol. The van der Waals surface area contributed by atoms with Crippen molar-refractivity contribution < 1.29 is 5.11 Å². The quantitative estimate of drug-likeness (QED) is 0.809. The van der Waals surface area contributed by atoms with Crippen LogP contribution in [0.4, 0.5) is 0 Å². The highest BCUT2D eigenvalue weighted by Gasteiger charge is 2.14. The first-order valence-electron chi connectivity index (χ1n) is 5.18. The van der Waals surface area contributed by atoms with Crippen LogP contribution in [0.5, 0.6) is 0 Å². The van der Waals surface area contributed by atoms with E-state index in [1.165, 1.54) is 4.57 Å². The van der Waals surface area contributed by atoms with Crippen molar-refractivity contribution in [3.05, 3.63) is 32.7 Å². The second kappa shape index (κ2) is 4.50. The highest BCUT2D eigenvalue weighted by Crippen LogP contribution is 2.13. The first-order valence-corrected chi connectivity index (χ1v) is 5.18. The van der Waals surface area contributed by atoms with Crippen molar-refractivity contribution in [1.29, 1.82) is 5.26 Å². The summed E-state index contributed by atoms with van der Waals surface area (Å²) in [5, 5.41) is 18.3. The van der Waals surface area contributed by atoms with Crippen molar-refractivity contribution in [3.63, 3.8) is 0 Å². The van der Waals surface area contributed by atoms with Gasteiger partial charge in [-0.1, -0.05) is 0 Å². The molecule has 4 nitrogen and oxygen atoms in total. The number of rotatable bonds is 2. The fourth-order valence-electron chi connectivity index (χ4n) is 1.72. The van der Waals surface area contributed by atoms with Crippen LogP contribution < -0.4 is 5.56 Å². The largest absolute Gasteiger partial charge is 0.392 e. The van der Waals surface area contributed by atoms with Crippen LogP contribution in [0.2, 0.25) is 0 Å². The molecule has 1 heterocycles. The van der Waals surface area contributed by atoms with Crippen molar-refractivity contribution in [1.82, 2.24) is 4.57 Å². The molecule has 1 atom stereocenters. The number of aromatic nitrogens is 1.